The van der Waals surface area contributed by atoms with Crippen molar-refractivity contribution in [1.82, 2.24) is 4.98 Å². The number of hydrogen-bond donors (Lipinski definition) is 2. The number of anilines is 4. The molecule has 0 amide bonds. The summed E-state index contributed by atoms with van der Waals surface area (Å²) in [7, 11) is 0. The fourth-order valence-corrected chi connectivity index (χ4v) is 2.87. The van der Waals surface area contributed by atoms with Gasteiger partial charge in [-0.25, -0.2) is 4.98 Å². The van der Waals surface area contributed by atoms with E-state index < -0.39 is 0 Å². The first-order chi connectivity index (χ1) is 12.9. The van der Waals surface area contributed by atoms with Crippen LogP contribution in [-0.4, -0.2) is 4.98 Å². The van der Waals surface area contributed by atoms with Gasteiger partial charge < -0.3 is 10.6 Å². The van der Waals surface area contributed by atoms with Crippen LogP contribution in [0.1, 0.15) is 0 Å². The highest BCUT2D eigenvalue weighted by atomic mass is 15.0. The highest BCUT2D eigenvalue weighted by Crippen LogP contribution is 2.32. The van der Waals surface area contributed by atoms with Crippen LogP contribution >= 0.6 is 0 Å². The molecule has 2 N–H and O–H groups in total. The van der Waals surface area contributed by atoms with Crippen molar-refractivity contribution in [1.29, 1.82) is 0 Å². The van der Waals surface area contributed by atoms with E-state index in [0.29, 0.717) is 0 Å². The Morgan fingerprint density at radius 1 is 0.538 bits per heavy atom. The maximum Gasteiger partial charge on any atom is 0.154 e. The van der Waals surface area contributed by atoms with E-state index in [1.54, 1.807) is 6.20 Å². The fourth-order valence-electron chi connectivity index (χ4n) is 2.87. The molecule has 3 aromatic carbocycles. The minimum atomic E-state index is 0.793. The number of benzene rings is 3. The van der Waals surface area contributed by atoms with Gasteiger partial charge in [-0.05, 0) is 35.9 Å². The van der Waals surface area contributed by atoms with Gasteiger partial charge in [-0.15, -0.1) is 0 Å². The monoisotopic (exact) mass is 337 g/mol. The Balaban J connectivity index is 1.67. The standard InChI is InChI=1S/C23H19N3/c1-3-10-18(11-4-1)20-14-7-8-15-21(20)26-22-16-9-17-24-23(22)25-19-12-5-2-6-13-19/h1-17,26H,(H,24,25). The van der Waals surface area contributed by atoms with E-state index in [1.165, 1.54) is 5.56 Å². The number of rotatable bonds is 5. The Morgan fingerprint density at radius 2 is 1.19 bits per heavy atom. The summed E-state index contributed by atoms with van der Waals surface area (Å²) in [4.78, 5) is 4.50. The number of pyridine rings is 1. The van der Waals surface area contributed by atoms with E-state index in [0.717, 1.165) is 28.4 Å². The molecule has 0 aliphatic rings. The Morgan fingerprint density at radius 3 is 2.00 bits per heavy atom. The molecule has 4 aromatic rings. The molecule has 4 rings (SSSR count). The minimum absolute atomic E-state index is 0.793. The molecule has 0 atom stereocenters. The highest BCUT2D eigenvalue weighted by Gasteiger charge is 2.08. The summed E-state index contributed by atoms with van der Waals surface area (Å²) in [5.74, 6) is 0.793. The van der Waals surface area contributed by atoms with Gasteiger partial charge in [-0.1, -0.05) is 66.7 Å². The molecule has 0 aliphatic carbocycles. The molecular formula is C23H19N3. The second-order valence-corrected chi connectivity index (χ2v) is 5.93. The van der Waals surface area contributed by atoms with Crippen molar-refractivity contribution in [3.63, 3.8) is 0 Å². The summed E-state index contributed by atoms with van der Waals surface area (Å²) >= 11 is 0. The smallest absolute Gasteiger partial charge is 0.154 e. The maximum absolute atomic E-state index is 4.50. The van der Waals surface area contributed by atoms with Crippen LogP contribution in [0.25, 0.3) is 11.1 Å². The van der Waals surface area contributed by atoms with Gasteiger partial charge >= 0.3 is 0 Å². The Kier molecular flexibility index (Phi) is 4.61. The van der Waals surface area contributed by atoms with Crippen molar-refractivity contribution in [2.24, 2.45) is 0 Å². The third-order valence-electron chi connectivity index (χ3n) is 4.13. The van der Waals surface area contributed by atoms with Crippen molar-refractivity contribution in [3.8, 4) is 11.1 Å². The summed E-state index contributed by atoms with van der Waals surface area (Å²) in [6.07, 6.45) is 1.79. The second kappa shape index (κ2) is 7.53. The van der Waals surface area contributed by atoms with Gasteiger partial charge in [-0.2, -0.15) is 0 Å². The van der Waals surface area contributed by atoms with E-state index in [2.05, 4.69) is 58.1 Å². The first kappa shape index (κ1) is 15.9. The quantitative estimate of drug-likeness (QED) is 0.453. The molecule has 0 bridgehead atoms. The first-order valence-electron chi connectivity index (χ1n) is 8.59. The summed E-state index contributed by atoms with van der Waals surface area (Å²) in [6, 6.07) is 32.7. The van der Waals surface area contributed by atoms with Gasteiger partial charge in [0.15, 0.2) is 5.82 Å². The lowest BCUT2D eigenvalue weighted by Gasteiger charge is -2.15. The van der Waals surface area contributed by atoms with Crippen molar-refractivity contribution in [2.45, 2.75) is 0 Å². The molecule has 3 heteroatoms. The van der Waals surface area contributed by atoms with Gasteiger partial charge in [0.1, 0.15) is 0 Å². The Labute approximate surface area is 153 Å². The molecular weight excluding hydrogens is 318 g/mol. The van der Waals surface area contributed by atoms with Crippen LogP contribution in [-0.2, 0) is 0 Å². The summed E-state index contributed by atoms with van der Waals surface area (Å²) in [6.45, 7) is 0. The SMILES string of the molecule is c1ccc(Nc2ncccc2Nc2ccccc2-c2ccccc2)cc1. The van der Waals surface area contributed by atoms with Gasteiger partial charge in [0.25, 0.3) is 0 Å². The van der Waals surface area contributed by atoms with Gasteiger partial charge in [0.2, 0.25) is 0 Å². The normalized spacial score (nSPS) is 10.3. The lowest BCUT2D eigenvalue weighted by molar-refractivity contribution is 1.30. The predicted octanol–water partition coefficient (Wildman–Crippen LogP) is 6.24. The van der Waals surface area contributed by atoms with E-state index in [4.69, 9.17) is 0 Å². The third-order valence-corrected chi connectivity index (χ3v) is 4.13. The molecule has 0 unspecified atom stereocenters. The van der Waals surface area contributed by atoms with Crippen molar-refractivity contribution in [2.75, 3.05) is 10.6 Å². The molecule has 0 aliphatic heterocycles. The summed E-state index contributed by atoms with van der Waals surface area (Å²) < 4.78 is 0. The average molecular weight is 337 g/mol. The Hall–Kier alpha value is -3.59. The largest absolute Gasteiger partial charge is 0.352 e. The molecule has 0 spiro atoms. The van der Waals surface area contributed by atoms with Crippen LogP contribution in [0.15, 0.2) is 103 Å². The number of hydrogen-bond acceptors (Lipinski definition) is 3. The van der Waals surface area contributed by atoms with Crippen LogP contribution in [0.2, 0.25) is 0 Å². The molecule has 0 saturated heterocycles. The molecule has 3 nitrogen and oxygen atoms in total. The third kappa shape index (κ3) is 3.57. The maximum atomic E-state index is 4.50. The number of nitrogens with one attached hydrogen (secondary N) is 2. The van der Waals surface area contributed by atoms with Gasteiger partial charge in [0.05, 0.1) is 5.69 Å². The second-order valence-electron chi connectivity index (χ2n) is 5.93. The lowest BCUT2D eigenvalue weighted by Crippen LogP contribution is -2.00. The number of para-hydroxylation sites is 2. The topological polar surface area (TPSA) is 37.0 Å². The summed E-state index contributed by atoms with van der Waals surface area (Å²) in [5, 5.41) is 6.91. The zero-order chi connectivity index (χ0) is 17.6. The average Bonchev–Trinajstić information content (AvgIpc) is 2.71. The fraction of sp³-hybridized carbons (Fsp3) is 0. The molecule has 1 aromatic heterocycles. The van der Waals surface area contributed by atoms with E-state index >= 15 is 0 Å². The van der Waals surface area contributed by atoms with Gasteiger partial charge in [0, 0.05) is 23.1 Å². The van der Waals surface area contributed by atoms with Gasteiger partial charge in [-0.3, -0.25) is 0 Å². The lowest BCUT2D eigenvalue weighted by atomic mass is 10.0. The zero-order valence-corrected chi connectivity index (χ0v) is 14.3. The minimum Gasteiger partial charge on any atom is -0.352 e. The zero-order valence-electron chi connectivity index (χ0n) is 14.3. The summed E-state index contributed by atoms with van der Waals surface area (Å²) in [5.41, 5.74) is 5.31. The van der Waals surface area contributed by atoms with Crippen LogP contribution < -0.4 is 10.6 Å². The van der Waals surface area contributed by atoms with Crippen molar-refractivity contribution < 1.29 is 0 Å². The van der Waals surface area contributed by atoms with E-state index in [-0.39, 0.29) is 0 Å². The molecule has 0 fully saturated rings. The van der Waals surface area contributed by atoms with Crippen LogP contribution in [0.4, 0.5) is 22.9 Å². The number of nitrogens with zero attached hydrogens (tertiary/aromatic N) is 1. The molecule has 0 radical (unpaired) electrons. The molecule has 126 valence electrons. The van der Waals surface area contributed by atoms with Crippen molar-refractivity contribution in [3.05, 3.63) is 103 Å². The molecule has 1 heterocycles. The van der Waals surface area contributed by atoms with E-state index in [1.807, 2.05) is 54.6 Å². The van der Waals surface area contributed by atoms with E-state index in [9.17, 15) is 0 Å². The van der Waals surface area contributed by atoms with Crippen LogP contribution in [0, 0.1) is 0 Å². The Bertz CT molecular complexity index is 982. The van der Waals surface area contributed by atoms with Crippen LogP contribution in [0.3, 0.4) is 0 Å². The molecule has 0 saturated carbocycles. The first-order valence-corrected chi connectivity index (χ1v) is 8.59. The van der Waals surface area contributed by atoms with Crippen LogP contribution in [0.5, 0.6) is 0 Å². The van der Waals surface area contributed by atoms with Crippen molar-refractivity contribution >= 4 is 22.9 Å². The predicted molar refractivity (Wildman–Crippen MR) is 109 cm³/mol. The number of aromatic nitrogens is 1. The molecule has 26 heavy (non-hydrogen) atoms. The highest BCUT2D eigenvalue weighted by molar-refractivity contribution is 5.84.